The highest BCUT2D eigenvalue weighted by Gasteiger charge is 2.14. The molecular formula is C18H15NO4. The standard InChI is InChI=1S/C18H15NO4/c1-11-4-3-5-13-10-15(23-16(11)13)17(20)19-14-8-6-12(7-9-14)18(21)22-2/h3-10H,1-2H3,(H,19,20). The average Bonchev–Trinajstić information content (AvgIpc) is 3.00. The highest BCUT2D eigenvalue weighted by molar-refractivity contribution is 6.05. The van der Waals surface area contributed by atoms with Crippen LogP contribution >= 0.6 is 0 Å². The van der Waals surface area contributed by atoms with Crippen LogP contribution in [0.2, 0.25) is 0 Å². The van der Waals surface area contributed by atoms with E-state index in [0.717, 1.165) is 10.9 Å². The van der Waals surface area contributed by atoms with Crippen molar-refractivity contribution in [2.75, 3.05) is 12.4 Å². The Balaban J connectivity index is 1.80. The van der Waals surface area contributed by atoms with E-state index in [2.05, 4.69) is 10.1 Å². The van der Waals surface area contributed by atoms with E-state index in [0.29, 0.717) is 16.8 Å². The van der Waals surface area contributed by atoms with E-state index in [1.807, 2.05) is 25.1 Å². The number of carbonyl (C=O) groups excluding carboxylic acids is 2. The van der Waals surface area contributed by atoms with Crippen LogP contribution in [0, 0.1) is 6.92 Å². The third kappa shape index (κ3) is 2.94. The molecule has 5 nitrogen and oxygen atoms in total. The molecule has 0 bridgehead atoms. The summed E-state index contributed by atoms with van der Waals surface area (Å²) in [7, 11) is 1.32. The number of amides is 1. The molecule has 23 heavy (non-hydrogen) atoms. The summed E-state index contributed by atoms with van der Waals surface area (Å²) in [6, 6.07) is 13.9. The predicted molar refractivity (Wildman–Crippen MR) is 86.7 cm³/mol. The number of rotatable bonds is 3. The van der Waals surface area contributed by atoms with Crippen molar-refractivity contribution in [2.24, 2.45) is 0 Å². The normalized spacial score (nSPS) is 10.5. The van der Waals surface area contributed by atoms with Gasteiger partial charge in [-0.2, -0.15) is 0 Å². The van der Waals surface area contributed by atoms with Crippen molar-refractivity contribution in [3.63, 3.8) is 0 Å². The van der Waals surface area contributed by atoms with Crippen LogP contribution in [0.4, 0.5) is 5.69 Å². The second-order valence-corrected chi connectivity index (χ2v) is 5.13. The largest absolute Gasteiger partial charge is 0.465 e. The van der Waals surface area contributed by atoms with E-state index in [4.69, 9.17) is 4.42 Å². The lowest BCUT2D eigenvalue weighted by Crippen LogP contribution is -2.11. The van der Waals surface area contributed by atoms with Crippen LogP contribution in [-0.2, 0) is 4.74 Å². The molecule has 0 aliphatic carbocycles. The lowest BCUT2D eigenvalue weighted by atomic mass is 10.2. The molecule has 0 atom stereocenters. The average molecular weight is 309 g/mol. The quantitative estimate of drug-likeness (QED) is 0.748. The predicted octanol–water partition coefficient (Wildman–Crippen LogP) is 3.78. The molecule has 0 aliphatic rings. The van der Waals surface area contributed by atoms with Crippen LogP contribution in [0.25, 0.3) is 11.0 Å². The summed E-state index contributed by atoms with van der Waals surface area (Å²) < 4.78 is 10.3. The number of para-hydroxylation sites is 1. The van der Waals surface area contributed by atoms with Gasteiger partial charge >= 0.3 is 5.97 Å². The van der Waals surface area contributed by atoms with Gasteiger partial charge in [-0.3, -0.25) is 4.79 Å². The van der Waals surface area contributed by atoms with E-state index >= 15 is 0 Å². The van der Waals surface area contributed by atoms with Crippen LogP contribution < -0.4 is 5.32 Å². The SMILES string of the molecule is COC(=O)c1ccc(NC(=O)c2cc3cccc(C)c3o2)cc1. The van der Waals surface area contributed by atoms with Gasteiger partial charge in [0.1, 0.15) is 5.58 Å². The Hall–Kier alpha value is -3.08. The zero-order chi connectivity index (χ0) is 16.4. The summed E-state index contributed by atoms with van der Waals surface area (Å²) in [4.78, 5) is 23.6. The van der Waals surface area contributed by atoms with E-state index in [9.17, 15) is 9.59 Å². The highest BCUT2D eigenvalue weighted by atomic mass is 16.5. The van der Waals surface area contributed by atoms with Crippen molar-refractivity contribution >= 4 is 28.5 Å². The summed E-state index contributed by atoms with van der Waals surface area (Å²) in [6.45, 7) is 1.93. The molecular weight excluding hydrogens is 294 g/mol. The number of methoxy groups -OCH3 is 1. The molecule has 0 saturated heterocycles. The zero-order valence-electron chi connectivity index (χ0n) is 12.8. The number of esters is 1. The fraction of sp³-hybridized carbons (Fsp3) is 0.111. The van der Waals surface area contributed by atoms with Gasteiger partial charge in [0.2, 0.25) is 0 Å². The first-order chi connectivity index (χ1) is 11.1. The number of anilines is 1. The maximum Gasteiger partial charge on any atom is 0.337 e. The van der Waals surface area contributed by atoms with Crippen molar-refractivity contribution in [3.8, 4) is 0 Å². The molecule has 3 aromatic rings. The van der Waals surface area contributed by atoms with Gasteiger partial charge in [0.15, 0.2) is 5.76 Å². The lowest BCUT2D eigenvalue weighted by Gasteiger charge is -2.04. The van der Waals surface area contributed by atoms with Gasteiger partial charge in [-0.1, -0.05) is 18.2 Å². The van der Waals surface area contributed by atoms with Gasteiger partial charge in [0.05, 0.1) is 12.7 Å². The second-order valence-electron chi connectivity index (χ2n) is 5.13. The highest BCUT2D eigenvalue weighted by Crippen LogP contribution is 2.23. The van der Waals surface area contributed by atoms with E-state index in [1.54, 1.807) is 30.3 Å². The van der Waals surface area contributed by atoms with Gasteiger partial charge in [0.25, 0.3) is 5.91 Å². The fourth-order valence-corrected chi connectivity index (χ4v) is 2.32. The Morgan fingerprint density at radius 3 is 2.48 bits per heavy atom. The minimum Gasteiger partial charge on any atom is -0.465 e. The van der Waals surface area contributed by atoms with E-state index < -0.39 is 5.97 Å². The van der Waals surface area contributed by atoms with Crippen LogP contribution in [0.15, 0.2) is 52.9 Å². The number of aryl methyl sites for hydroxylation is 1. The smallest absolute Gasteiger partial charge is 0.337 e. The number of ether oxygens (including phenoxy) is 1. The molecule has 1 heterocycles. The van der Waals surface area contributed by atoms with E-state index in [-0.39, 0.29) is 11.7 Å². The maximum atomic E-state index is 12.3. The van der Waals surface area contributed by atoms with Crippen molar-refractivity contribution in [2.45, 2.75) is 6.92 Å². The molecule has 2 aromatic carbocycles. The monoisotopic (exact) mass is 309 g/mol. The molecule has 0 aliphatic heterocycles. The van der Waals surface area contributed by atoms with Crippen molar-refractivity contribution in [3.05, 3.63) is 65.4 Å². The van der Waals surface area contributed by atoms with Gasteiger partial charge in [-0.25, -0.2) is 4.79 Å². The van der Waals surface area contributed by atoms with Gasteiger partial charge in [-0.15, -0.1) is 0 Å². The first-order valence-electron chi connectivity index (χ1n) is 7.07. The van der Waals surface area contributed by atoms with Gasteiger partial charge in [0, 0.05) is 11.1 Å². The number of furan rings is 1. The van der Waals surface area contributed by atoms with Crippen LogP contribution in [0.1, 0.15) is 26.5 Å². The lowest BCUT2D eigenvalue weighted by molar-refractivity contribution is 0.0600. The van der Waals surface area contributed by atoms with Crippen LogP contribution in [-0.4, -0.2) is 19.0 Å². The van der Waals surface area contributed by atoms with Crippen LogP contribution in [0.3, 0.4) is 0 Å². The van der Waals surface area contributed by atoms with Crippen molar-refractivity contribution in [1.29, 1.82) is 0 Å². The Morgan fingerprint density at radius 2 is 1.83 bits per heavy atom. The Bertz CT molecular complexity index is 878. The van der Waals surface area contributed by atoms with Crippen molar-refractivity contribution in [1.82, 2.24) is 0 Å². The molecule has 0 saturated carbocycles. The molecule has 3 rings (SSSR count). The summed E-state index contributed by atoms with van der Waals surface area (Å²) in [5.74, 6) is -0.520. The molecule has 0 spiro atoms. The minimum absolute atomic E-state index is 0.242. The third-order valence-corrected chi connectivity index (χ3v) is 3.53. The topological polar surface area (TPSA) is 68.5 Å². The number of nitrogens with one attached hydrogen (secondary N) is 1. The van der Waals surface area contributed by atoms with Gasteiger partial charge in [-0.05, 0) is 42.8 Å². The number of hydrogen-bond donors (Lipinski definition) is 1. The molecule has 116 valence electrons. The molecule has 5 heteroatoms. The Morgan fingerprint density at radius 1 is 1.09 bits per heavy atom. The zero-order valence-corrected chi connectivity index (χ0v) is 12.8. The Kier molecular flexibility index (Phi) is 3.85. The summed E-state index contributed by atoms with van der Waals surface area (Å²) in [6.07, 6.45) is 0. The van der Waals surface area contributed by atoms with E-state index in [1.165, 1.54) is 7.11 Å². The third-order valence-electron chi connectivity index (χ3n) is 3.53. The maximum absolute atomic E-state index is 12.3. The first-order valence-corrected chi connectivity index (χ1v) is 7.07. The van der Waals surface area contributed by atoms with Crippen molar-refractivity contribution < 1.29 is 18.7 Å². The molecule has 0 fully saturated rings. The molecule has 0 unspecified atom stereocenters. The number of benzene rings is 2. The first kappa shape index (κ1) is 14.8. The molecule has 1 N–H and O–H groups in total. The number of fused-ring (bicyclic) bond motifs is 1. The molecule has 1 amide bonds. The Labute approximate surface area is 132 Å². The number of hydrogen-bond acceptors (Lipinski definition) is 4. The number of carbonyl (C=O) groups is 2. The minimum atomic E-state index is -0.421. The fourth-order valence-electron chi connectivity index (χ4n) is 2.32. The van der Waals surface area contributed by atoms with Crippen LogP contribution in [0.5, 0.6) is 0 Å². The molecule has 0 radical (unpaired) electrons. The van der Waals surface area contributed by atoms with Gasteiger partial charge < -0.3 is 14.5 Å². The summed E-state index contributed by atoms with van der Waals surface area (Å²) in [5.41, 5.74) is 2.67. The summed E-state index contributed by atoms with van der Waals surface area (Å²) in [5, 5.41) is 3.62. The molecule has 1 aromatic heterocycles. The second kappa shape index (κ2) is 5.96. The summed E-state index contributed by atoms with van der Waals surface area (Å²) >= 11 is 0.